The lowest BCUT2D eigenvalue weighted by molar-refractivity contribution is 0.467. The lowest BCUT2D eigenvalue weighted by Gasteiger charge is -2.49. The van der Waals surface area contributed by atoms with E-state index in [0.29, 0.717) is 5.75 Å². The number of para-hydroxylation sites is 2. The molecule has 0 saturated heterocycles. The summed E-state index contributed by atoms with van der Waals surface area (Å²) in [6.45, 7) is 5.72. The van der Waals surface area contributed by atoms with Gasteiger partial charge in [-0.2, -0.15) is 0 Å². The first kappa shape index (κ1) is 81.2. The third-order valence-corrected chi connectivity index (χ3v) is 29.5. The number of nitrogens with zero attached hydrogens (tertiary/aromatic N) is 4. The molecule has 0 unspecified atom stereocenters. The summed E-state index contributed by atoms with van der Waals surface area (Å²) in [6, 6.07) is 181. The van der Waals surface area contributed by atoms with Crippen LogP contribution in [0.25, 0.3) is 111 Å². The second-order valence-electron chi connectivity index (χ2n) is 38.4. The van der Waals surface area contributed by atoms with Gasteiger partial charge in [0.05, 0.1) is 11.4 Å². The van der Waals surface area contributed by atoms with Crippen LogP contribution in [0.5, 0.6) is 23.0 Å². The van der Waals surface area contributed by atoms with Gasteiger partial charge in [0.2, 0.25) is 0 Å². The van der Waals surface area contributed by atoms with Gasteiger partial charge >= 0.3 is 0 Å². The van der Waals surface area contributed by atoms with Gasteiger partial charge in [0.15, 0.2) is 0 Å². The molecule has 0 amide bonds. The molecule has 650 valence electrons. The molecule has 27 rings (SSSR count). The Hall–Kier alpha value is -17.4. The molecule has 6 aliphatic heterocycles. The molecule has 0 atom stereocenters. The minimum atomic E-state index is -0.561. The smallest absolute Gasteiger partial charge is 0.263 e. The second-order valence-corrected chi connectivity index (χ2v) is 38.4. The van der Waals surface area contributed by atoms with E-state index in [9.17, 15) is 0 Å². The molecule has 0 spiro atoms. The molecule has 0 bridgehead atoms. The topological polar surface area (TPSA) is 31.4 Å². The van der Waals surface area contributed by atoms with E-state index in [1.54, 1.807) is 0 Å². The number of anilines is 12. The molecule has 0 saturated carbocycles. The fourth-order valence-electron chi connectivity index (χ4n) is 23.1. The third kappa shape index (κ3) is 13.3. The van der Waals surface area contributed by atoms with Gasteiger partial charge in [0, 0.05) is 96.7 Å². The van der Waals surface area contributed by atoms with Crippen molar-refractivity contribution in [1.29, 1.82) is 0 Å². The molecular weight excluding hydrogens is 1680 g/mol. The maximum Gasteiger partial charge on any atom is 0.263 e. The molecule has 139 heavy (non-hydrogen) atoms. The van der Waals surface area contributed by atoms with Crippen molar-refractivity contribution >= 4 is 138 Å². The van der Waals surface area contributed by atoms with Crippen LogP contribution in [-0.2, 0) is 5.41 Å². The van der Waals surface area contributed by atoms with Gasteiger partial charge in [-0.3, -0.25) is 0 Å². The molecule has 0 radical (unpaired) electrons. The Morgan fingerprint density at radius 2 is 0.518 bits per heavy atom. The van der Waals surface area contributed by atoms with Crippen LogP contribution in [0.3, 0.4) is 0 Å². The molecule has 9 heteroatoms. The highest BCUT2D eigenvalue weighted by atomic mass is 16.5. The summed E-state index contributed by atoms with van der Waals surface area (Å²) in [6.07, 6.45) is 0. The first-order chi connectivity index (χ1) is 68.6. The van der Waals surface area contributed by atoms with Gasteiger partial charge in [-0.25, -0.2) is 0 Å². The summed E-state index contributed by atoms with van der Waals surface area (Å²) in [5, 5.41) is 0. The van der Waals surface area contributed by atoms with Crippen molar-refractivity contribution in [2.45, 2.75) is 26.2 Å². The van der Waals surface area contributed by atoms with Crippen molar-refractivity contribution in [3.05, 3.63) is 491 Å². The predicted molar refractivity (Wildman–Crippen MR) is 585 cm³/mol. The van der Waals surface area contributed by atoms with Gasteiger partial charge in [-0.1, -0.05) is 433 Å². The molecule has 6 nitrogen and oxygen atoms in total. The second kappa shape index (κ2) is 32.7. The highest BCUT2D eigenvalue weighted by molar-refractivity contribution is 7.05. The summed E-state index contributed by atoms with van der Waals surface area (Å²) < 4.78 is 17.3. The summed E-state index contributed by atoms with van der Waals surface area (Å²) in [5.74, 6) is 2.97. The van der Waals surface area contributed by atoms with Gasteiger partial charge in [0.1, 0.15) is 23.0 Å². The quantitative estimate of drug-likeness (QED) is 0.101. The number of benzene rings is 21. The molecule has 0 N–H and O–H groups in total. The maximum atomic E-state index is 8.67. The van der Waals surface area contributed by atoms with Crippen LogP contribution in [0.1, 0.15) is 26.3 Å². The molecule has 0 aliphatic carbocycles. The SMILES string of the molecule is CC(C)(C)c1cc2c3c(c1)N(c1c(-c4ccccc4)cccc1-c1ccccc1)c1cc4c5c(c1B3c1ccc(-c3ccccc3)cc1N2c1c(-c2ccccc2)cccc1-c1ccccc1)Oc1cc(-c2ccccc2)ccc1B5c1c(cc2c3c1N(c1cccc(-c5ccccc5)c1)c1ccc(-c5ccccc5)cc1B3c1cc(-c3ccccc3)ccc1N2c1ccc(-c2ccccc2)cc1)O4. The van der Waals surface area contributed by atoms with Crippen LogP contribution in [0.2, 0.25) is 0 Å². The van der Waals surface area contributed by atoms with Gasteiger partial charge in [-0.15, -0.1) is 0 Å². The number of fused-ring (bicyclic) bond motifs is 14. The summed E-state index contributed by atoms with van der Waals surface area (Å²) in [7, 11) is 0. The minimum Gasteiger partial charge on any atom is -0.459 e. The Morgan fingerprint density at radius 1 is 0.180 bits per heavy atom. The number of ether oxygens (including phenoxy) is 2. The monoisotopic (exact) mass is 1770 g/mol. The maximum absolute atomic E-state index is 8.67. The van der Waals surface area contributed by atoms with E-state index < -0.39 is 18.8 Å². The van der Waals surface area contributed by atoms with Gasteiger partial charge in [0.25, 0.3) is 20.1 Å². The van der Waals surface area contributed by atoms with Crippen molar-refractivity contribution < 1.29 is 9.47 Å². The number of hydrogen-bond acceptors (Lipinski definition) is 6. The predicted octanol–water partition coefficient (Wildman–Crippen LogP) is 28.5. The summed E-state index contributed by atoms with van der Waals surface area (Å²) in [4.78, 5) is 10.6. The van der Waals surface area contributed by atoms with Crippen LogP contribution in [0.4, 0.5) is 68.2 Å². The van der Waals surface area contributed by atoms with Crippen LogP contribution in [0, 0.1) is 0 Å². The first-order valence-electron chi connectivity index (χ1n) is 48.3. The fourth-order valence-corrected chi connectivity index (χ4v) is 23.1. The van der Waals surface area contributed by atoms with Crippen molar-refractivity contribution in [3.8, 4) is 134 Å². The average molecular weight is 1770 g/mol. The van der Waals surface area contributed by atoms with Crippen molar-refractivity contribution in [2.24, 2.45) is 0 Å². The highest BCUT2D eigenvalue weighted by Gasteiger charge is 2.55. The zero-order valence-corrected chi connectivity index (χ0v) is 77.0. The van der Waals surface area contributed by atoms with E-state index in [2.05, 4.69) is 526 Å². The van der Waals surface area contributed by atoms with Crippen LogP contribution < -0.4 is 78.2 Å². The minimum absolute atomic E-state index is 0.355. The molecule has 0 aromatic heterocycles. The van der Waals surface area contributed by atoms with E-state index in [4.69, 9.17) is 9.47 Å². The Bertz CT molecular complexity index is 8350. The van der Waals surface area contributed by atoms with E-state index in [-0.39, 0.29) is 6.71 Å². The summed E-state index contributed by atoms with van der Waals surface area (Å²) in [5.41, 5.74) is 45.3. The fraction of sp³-hybridized carbons (Fsp3) is 0.0308. The standard InChI is InChI=1S/C130H89B3N4O2/c1-130(2,3)100-80-114-121-115(81-100)137(127-105(93-53-30-12-31-54-93)61-36-62-106(127)94-55-32-13-33-56-94)117-83-120-125-129(123(117)132(121)107-71-65-98(88-45-22-8-23-46-88)78-113(107)136(114)126-103(91-49-26-10-27-50-91)59-35-60-104(126)92-51-28-11-29-52-92)139-118-79-99(89-47-24-9-25-48-89)66-72-108(118)133(125)124-119(138-120)82-116-122-128(124)135(102-58-34-57-95(75-102)85-39-16-5-17-40-85)112-74-68-97(87-43-20-7-21-44-87)77-110(112)131(122)109-76-96(86-41-18-6-19-42-86)67-73-111(109)134(116)101-69-63-90(64-70-101)84-37-14-4-15-38-84/h4-83H,1-3H3. The van der Waals surface area contributed by atoms with Crippen LogP contribution in [0.15, 0.2) is 485 Å². The Balaban J connectivity index is 0.815. The number of hydrogen-bond donors (Lipinski definition) is 0. The largest absolute Gasteiger partial charge is 0.459 e. The average Bonchev–Trinajstić information content (AvgIpc) is 0.667. The first-order valence-corrected chi connectivity index (χ1v) is 48.3. The lowest BCUT2D eigenvalue weighted by atomic mass is 9.28. The molecule has 6 aliphatic rings. The van der Waals surface area contributed by atoms with Crippen molar-refractivity contribution in [1.82, 2.24) is 0 Å². The van der Waals surface area contributed by atoms with Gasteiger partial charge < -0.3 is 29.1 Å². The third-order valence-electron chi connectivity index (χ3n) is 29.5. The van der Waals surface area contributed by atoms with Crippen molar-refractivity contribution in [2.75, 3.05) is 19.6 Å². The van der Waals surface area contributed by atoms with Crippen LogP contribution >= 0.6 is 0 Å². The molecule has 21 aromatic rings. The molecule has 21 aromatic carbocycles. The number of rotatable bonds is 14. The van der Waals surface area contributed by atoms with E-state index in [1.807, 2.05) is 0 Å². The zero-order valence-electron chi connectivity index (χ0n) is 77.0. The normalized spacial score (nSPS) is 13.0. The van der Waals surface area contributed by atoms with E-state index >= 15 is 0 Å². The lowest BCUT2D eigenvalue weighted by Crippen LogP contribution is -2.67. The zero-order chi connectivity index (χ0) is 92.1. The molecular formula is C130H89B3N4O2. The van der Waals surface area contributed by atoms with E-state index in [0.717, 1.165) is 230 Å². The van der Waals surface area contributed by atoms with Gasteiger partial charge in [-0.05, 0) is 204 Å². The van der Waals surface area contributed by atoms with E-state index in [1.165, 1.54) is 22.0 Å². The molecule has 6 heterocycles. The van der Waals surface area contributed by atoms with Crippen molar-refractivity contribution in [3.63, 3.8) is 0 Å². The van der Waals surface area contributed by atoms with Crippen LogP contribution in [-0.4, -0.2) is 20.1 Å². The Kier molecular flexibility index (Phi) is 19.1. The molecule has 0 fully saturated rings. The Morgan fingerprint density at radius 3 is 0.971 bits per heavy atom. The Labute approximate surface area is 812 Å². The highest BCUT2D eigenvalue weighted by Crippen LogP contribution is 2.58. The summed E-state index contributed by atoms with van der Waals surface area (Å²) >= 11 is 0.